The predicted molar refractivity (Wildman–Crippen MR) is 105 cm³/mol. The van der Waals surface area contributed by atoms with Crippen LogP contribution < -0.4 is 5.43 Å². The van der Waals surface area contributed by atoms with Crippen LogP contribution in [0.15, 0.2) is 39.5 Å². The zero-order valence-corrected chi connectivity index (χ0v) is 16.0. The van der Waals surface area contributed by atoms with Crippen molar-refractivity contribution in [3.8, 4) is 0 Å². The molecule has 3 aromatic rings. The summed E-state index contributed by atoms with van der Waals surface area (Å²) in [6.07, 6.45) is 2.53. The second-order valence-corrected chi connectivity index (χ2v) is 7.51. The summed E-state index contributed by atoms with van der Waals surface area (Å²) >= 11 is 0. The summed E-state index contributed by atoms with van der Waals surface area (Å²) in [5.41, 5.74) is 0.217. The van der Waals surface area contributed by atoms with Gasteiger partial charge >= 0.3 is 0 Å². The third-order valence-corrected chi connectivity index (χ3v) is 5.67. The molecule has 29 heavy (non-hydrogen) atoms. The lowest BCUT2D eigenvalue weighted by Gasteiger charge is -2.20. The van der Waals surface area contributed by atoms with Gasteiger partial charge in [-0.05, 0) is 25.0 Å². The molecule has 2 aliphatic rings. The molecular formula is C21H22N4O4. The zero-order chi connectivity index (χ0) is 19.8. The summed E-state index contributed by atoms with van der Waals surface area (Å²) in [7, 11) is 0. The van der Waals surface area contributed by atoms with E-state index in [0.717, 1.165) is 37.7 Å². The number of ether oxygens (including phenoxy) is 1. The number of hydrogen-bond donors (Lipinski definition) is 0. The minimum absolute atomic E-state index is 0.0732. The predicted octanol–water partition coefficient (Wildman–Crippen LogP) is 1.98. The van der Waals surface area contributed by atoms with Crippen molar-refractivity contribution in [2.75, 3.05) is 26.3 Å². The Balaban J connectivity index is 1.33. The number of carbonyl (C=O) groups is 1. The van der Waals surface area contributed by atoms with Gasteiger partial charge in [0.25, 0.3) is 5.91 Å². The van der Waals surface area contributed by atoms with E-state index in [1.807, 2.05) is 4.68 Å². The fraction of sp³-hybridized carbons (Fsp3) is 0.429. The molecule has 1 aromatic carbocycles. The van der Waals surface area contributed by atoms with Gasteiger partial charge in [-0.3, -0.25) is 9.59 Å². The average Bonchev–Trinajstić information content (AvgIpc) is 3.07. The van der Waals surface area contributed by atoms with E-state index in [2.05, 4.69) is 0 Å². The lowest BCUT2D eigenvalue weighted by Crippen LogP contribution is -2.34. The highest BCUT2D eigenvalue weighted by Crippen LogP contribution is 2.25. The lowest BCUT2D eigenvalue weighted by molar-refractivity contribution is 0.0725. The zero-order valence-electron chi connectivity index (χ0n) is 16.0. The molecule has 2 aliphatic heterocycles. The molecule has 0 N–H and O–H groups in total. The maximum atomic E-state index is 13.0. The molecule has 1 amide bonds. The van der Waals surface area contributed by atoms with Crippen LogP contribution in [0.3, 0.4) is 0 Å². The maximum absolute atomic E-state index is 13.0. The van der Waals surface area contributed by atoms with E-state index in [1.165, 1.54) is 6.07 Å². The van der Waals surface area contributed by atoms with Gasteiger partial charge < -0.3 is 14.1 Å². The third kappa shape index (κ3) is 3.44. The van der Waals surface area contributed by atoms with E-state index in [-0.39, 0.29) is 17.1 Å². The molecule has 0 atom stereocenters. The number of para-hydroxylation sites is 1. The molecular weight excluding hydrogens is 372 g/mol. The van der Waals surface area contributed by atoms with Crippen LogP contribution in [-0.2, 0) is 17.7 Å². The Morgan fingerprint density at radius 1 is 1.10 bits per heavy atom. The van der Waals surface area contributed by atoms with Crippen molar-refractivity contribution in [3.63, 3.8) is 0 Å². The second kappa shape index (κ2) is 7.44. The molecule has 8 nitrogen and oxygen atoms in total. The highest BCUT2D eigenvalue weighted by Gasteiger charge is 2.26. The number of benzene rings is 1. The highest BCUT2D eigenvalue weighted by atomic mass is 16.5. The summed E-state index contributed by atoms with van der Waals surface area (Å²) in [4.78, 5) is 31.7. The molecule has 0 saturated carbocycles. The smallest absolute Gasteiger partial charge is 0.289 e. The highest BCUT2D eigenvalue weighted by molar-refractivity contribution is 5.93. The van der Waals surface area contributed by atoms with Gasteiger partial charge in [-0.1, -0.05) is 12.1 Å². The SMILES string of the molecule is O=C(c1cc(=O)c2ccccc2o1)N1CCc2nc(C3CCOCC3)nn2CC1. The average molecular weight is 394 g/mol. The number of amides is 1. The number of rotatable bonds is 2. The van der Waals surface area contributed by atoms with Crippen LogP contribution in [0.5, 0.6) is 0 Å². The normalized spacial score (nSPS) is 17.9. The topological polar surface area (TPSA) is 90.5 Å². The molecule has 8 heteroatoms. The number of aromatic nitrogens is 3. The van der Waals surface area contributed by atoms with Crippen LogP contribution in [-0.4, -0.2) is 51.9 Å². The second-order valence-electron chi connectivity index (χ2n) is 7.51. The summed E-state index contributed by atoms with van der Waals surface area (Å²) in [5.74, 6) is 1.95. The van der Waals surface area contributed by atoms with E-state index >= 15 is 0 Å². The molecule has 150 valence electrons. The Labute approximate surface area is 167 Å². The monoisotopic (exact) mass is 394 g/mol. The minimum Gasteiger partial charge on any atom is -0.451 e. The maximum Gasteiger partial charge on any atom is 0.289 e. The summed E-state index contributed by atoms with van der Waals surface area (Å²) in [6, 6.07) is 8.25. The quantitative estimate of drug-likeness (QED) is 0.660. The van der Waals surface area contributed by atoms with Gasteiger partial charge in [0.1, 0.15) is 11.4 Å². The van der Waals surface area contributed by atoms with Crippen LogP contribution in [0, 0.1) is 0 Å². The van der Waals surface area contributed by atoms with Crippen molar-refractivity contribution < 1.29 is 13.9 Å². The molecule has 2 aromatic heterocycles. The molecule has 0 bridgehead atoms. The van der Waals surface area contributed by atoms with Crippen LogP contribution in [0.2, 0.25) is 0 Å². The van der Waals surface area contributed by atoms with Gasteiger partial charge in [0, 0.05) is 44.7 Å². The van der Waals surface area contributed by atoms with Crippen LogP contribution in [0.25, 0.3) is 11.0 Å². The third-order valence-electron chi connectivity index (χ3n) is 5.67. The summed E-state index contributed by atoms with van der Waals surface area (Å²) < 4.78 is 13.0. The van der Waals surface area contributed by atoms with Crippen LogP contribution >= 0.6 is 0 Å². The van der Waals surface area contributed by atoms with Gasteiger partial charge in [-0.15, -0.1) is 0 Å². The van der Waals surface area contributed by atoms with E-state index in [4.69, 9.17) is 19.2 Å². The Bertz CT molecular complexity index is 1090. The molecule has 4 heterocycles. The van der Waals surface area contributed by atoms with Gasteiger partial charge in [-0.2, -0.15) is 5.10 Å². The fourth-order valence-electron chi connectivity index (χ4n) is 4.02. The van der Waals surface area contributed by atoms with Crippen molar-refractivity contribution in [1.82, 2.24) is 19.7 Å². The first-order valence-corrected chi connectivity index (χ1v) is 10.0. The Kier molecular flexibility index (Phi) is 4.63. The number of fused-ring (bicyclic) bond motifs is 2. The Morgan fingerprint density at radius 2 is 1.93 bits per heavy atom. The number of nitrogens with zero attached hydrogens (tertiary/aromatic N) is 4. The van der Waals surface area contributed by atoms with Gasteiger partial charge in [0.15, 0.2) is 17.0 Å². The van der Waals surface area contributed by atoms with Crippen LogP contribution in [0.4, 0.5) is 0 Å². The molecule has 1 saturated heterocycles. The van der Waals surface area contributed by atoms with E-state index in [0.29, 0.717) is 42.9 Å². The largest absolute Gasteiger partial charge is 0.451 e. The van der Waals surface area contributed by atoms with E-state index in [1.54, 1.807) is 29.2 Å². The van der Waals surface area contributed by atoms with Crippen molar-refractivity contribution in [2.45, 2.75) is 31.7 Å². The van der Waals surface area contributed by atoms with E-state index < -0.39 is 0 Å². The lowest BCUT2D eigenvalue weighted by atomic mass is 10.00. The Morgan fingerprint density at radius 3 is 2.79 bits per heavy atom. The first-order chi connectivity index (χ1) is 14.2. The fourth-order valence-corrected chi connectivity index (χ4v) is 4.02. The number of carbonyl (C=O) groups excluding carboxylic acids is 1. The Hall–Kier alpha value is -3.00. The van der Waals surface area contributed by atoms with Crippen LogP contribution in [0.1, 0.15) is 41.0 Å². The van der Waals surface area contributed by atoms with Crippen molar-refractivity contribution in [3.05, 3.63) is 58.0 Å². The molecule has 0 radical (unpaired) electrons. The number of hydrogen-bond acceptors (Lipinski definition) is 6. The molecule has 0 spiro atoms. The van der Waals surface area contributed by atoms with Gasteiger partial charge in [-0.25, -0.2) is 9.67 Å². The molecule has 0 aliphatic carbocycles. The molecule has 5 rings (SSSR count). The van der Waals surface area contributed by atoms with Gasteiger partial charge in [0.2, 0.25) is 0 Å². The summed E-state index contributed by atoms with van der Waals surface area (Å²) in [6.45, 7) is 3.11. The van der Waals surface area contributed by atoms with Crippen molar-refractivity contribution in [1.29, 1.82) is 0 Å². The standard InChI is InChI=1S/C21H22N4O4/c26-16-13-18(29-17-4-2-1-3-15(16)17)21(27)24-8-5-19-22-20(23-25(19)10-9-24)14-6-11-28-12-7-14/h1-4,13-14H,5-12H2. The molecule has 0 unspecified atom stereocenters. The van der Waals surface area contributed by atoms with E-state index in [9.17, 15) is 9.59 Å². The van der Waals surface area contributed by atoms with Crippen molar-refractivity contribution in [2.24, 2.45) is 0 Å². The van der Waals surface area contributed by atoms with Gasteiger partial charge in [0.05, 0.1) is 11.9 Å². The summed E-state index contributed by atoms with van der Waals surface area (Å²) in [5, 5.41) is 5.17. The minimum atomic E-state index is -0.275. The van der Waals surface area contributed by atoms with Crippen molar-refractivity contribution >= 4 is 16.9 Å². The first kappa shape index (κ1) is 18.1. The first-order valence-electron chi connectivity index (χ1n) is 10.0. The molecule has 1 fully saturated rings.